The SMILES string of the molecule is Cc1ccc(OC(F)F)c(OCC2CC2)c1. The van der Waals surface area contributed by atoms with Crippen molar-refractivity contribution in [3.05, 3.63) is 23.8 Å². The second-order valence-electron chi connectivity index (χ2n) is 4.08. The van der Waals surface area contributed by atoms with E-state index in [1.165, 1.54) is 6.07 Å². The lowest BCUT2D eigenvalue weighted by Crippen LogP contribution is -2.06. The van der Waals surface area contributed by atoms with Crippen LogP contribution in [0.4, 0.5) is 8.78 Å². The summed E-state index contributed by atoms with van der Waals surface area (Å²) in [5.74, 6) is 1.10. The summed E-state index contributed by atoms with van der Waals surface area (Å²) in [7, 11) is 0. The first-order chi connectivity index (χ1) is 7.65. The van der Waals surface area contributed by atoms with Crippen LogP contribution >= 0.6 is 0 Å². The van der Waals surface area contributed by atoms with E-state index in [0.717, 1.165) is 18.4 Å². The summed E-state index contributed by atoms with van der Waals surface area (Å²) in [6.45, 7) is -0.342. The molecule has 4 heteroatoms. The number of aryl methyl sites for hydroxylation is 1. The molecule has 1 aromatic carbocycles. The molecule has 2 rings (SSSR count). The zero-order valence-electron chi connectivity index (χ0n) is 9.08. The van der Waals surface area contributed by atoms with Gasteiger partial charge in [-0.2, -0.15) is 8.78 Å². The van der Waals surface area contributed by atoms with Crippen molar-refractivity contribution in [3.63, 3.8) is 0 Å². The average molecular weight is 228 g/mol. The Labute approximate surface area is 93.2 Å². The summed E-state index contributed by atoms with van der Waals surface area (Å²) < 4.78 is 34.1. The largest absolute Gasteiger partial charge is 0.489 e. The summed E-state index contributed by atoms with van der Waals surface area (Å²) in [5, 5.41) is 0. The number of hydrogen-bond acceptors (Lipinski definition) is 2. The van der Waals surface area contributed by atoms with Gasteiger partial charge in [0.25, 0.3) is 0 Å². The van der Waals surface area contributed by atoms with E-state index in [-0.39, 0.29) is 5.75 Å². The molecule has 0 aliphatic heterocycles. The maximum absolute atomic E-state index is 12.1. The monoisotopic (exact) mass is 228 g/mol. The predicted octanol–water partition coefficient (Wildman–Crippen LogP) is 3.39. The van der Waals surface area contributed by atoms with E-state index in [0.29, 0.717) is 18.3 Å². The average Bonchev–Trinajstić information content (AvgIpc) is 3.01. The molecule has 1 fully saturated rings. The van der Waals surface area contributed by atoms with Gasteiger partial charge in [-0.25, -0.2) is 0 Å². The number of rotatable bonds is 5. The van der Waals surface area contributed by atoms with Gasteiger partial charge in [-0.1, -0.05) is 6.07 Å². The molecule has 0 N–H and O–H groups in total. The summed E-state index contributed by atoms with van der Waals surface area (Å²) in [4.78, 5) is 0. The highest BCUT2D eigenvalue weighted by molar-refractivity contribution is 5.42. The standard InChI is InChI=1S/C12H14F2O2/c1-8-2-5-10(16-12(13)14)11(6-8)15-7-9-3-4-9/h2,5-6,9,12H,3-4,7H2,1H3. The van der Waals surface area contributed by atoms with Gasteiger partial charge in [0.15, 0.2) is 11.5 Å². The van der Waals surface area contributed by atoms with Crippen molar-refractivity contribution in [2.45, 2.75) is 26.4 Å². The fourth-order valence-corrected chi connectivity index (χ4v) is 1.41. The second kappa shape index (κ2) is 4.68. The fraction of sp³-hybridized carbons (Fsp3) is 0.500. The van der Waals surface area contributed by atoms with E-state index in [1.807, 2.05) is 6.92 Å². The molecule has 0 amide bonds. The summed E-state index contributed by atoms with van der Waals surface area (Å²) in [6, 6.07) is 4.96. The lowest BCUT2D eigenvalue weighted by molar-refractivity contribution is -0.0515. The Hall–Kier alpha value is -1.32. The molecule has 0 bridgehead atoms. The molecule has 1 aliphatic rings. The van der Waals surface area contributed by atoms with Crippen LogP contribution in [0.3, 0.4) is 0 Å². The number of ether oxygens (including phenoxy) is 2. The van der Waals surface area contributed by atoms with Crippen LogP contribution < -0.4 is 9.47 Å². The molecular weight excluding hydrogens is 214 g/mol. The molecule has 2 nitrogen and oxygen atoms in total. The zero-order chi connectivity index (χ0) is 11.5. The van der Waals surface area contributed by atoms with Crippen LogP contribution in [0.15, 0.2) is 18.2 Å². The van der Waals surface area contributed by atoms with Gasteiger partial charge in [0.2, 0.25) is 0 Å². The zero-order valence-corrected chi connectivity index (χ0v) is 9.08. The van der Waals surface area contributed by atoms with E-state index in [9.17, 15) is 8.78 Å². The van der Waals surface area contributed by atoms with Crippen molar-refractivity contribution in [1.82, 2.24) is 0 Å². The van der Waals surface area contributed by atoms with Gasteiger partial charge in [-0.15, -0.1) is 0 Å². The van der Waals surface area contributed by atoms with Crippen molar-refractivity contribution >= 4 is 0 Å². The number of alkyl halides is 2. The minimum atomic E-state index is -2.81. The maximum Gasteiger partial charge on any atom is 0.387 e. The van der Waals surface area contributed by atoms with Gasteiger partial charge in [0.1, 0.15) is 0 Å². The minimum absolute atomic E-state index is 0.112. The molecule has 88 valence electrons. The van der Waals surface area contributed by atoms with E-state index in [4.69, 9.17) is 4.74 Å². The van der Waals surface area contributed by atoms with Gasteiger partial charge in [-0.3, -0.25) is 0 Å². The maximum atomic E-state index is 12.1. The van der Waals surface area contributed by atoms with Crippen molar-refractivity contribution in [3.8, 4) is 11.5 Å². The molecule has 0 aromatic heterocycles. The molecule has 1 aromatic rings. The van der Waals surface area contributed by atoms with Gasteiger partial charge in [-0.05, 0) is 43.4 Å². The van der Waals surface area contributed by atoms with E-state index in [2.05, 4.69) is 4.74 Å². The summed E-state index contributed by atoms with van der Waals surface area (Å²) >= 11 is 0. The first-order valence-electron chi connectivity index (χ1n) is 5.33. The number of hydrogen-bond donors (Lipinski definition) is 0. The molecule has 0 atom stereocenters. The lowest BCUT2D eigenvalue weighted by Gasteiger charge is -2.12. The van der Waals surface area contributed by atoms with E-state index >= 15 is 0 Å². The first kappa shape index (κ1) is 11.2. The minimum Gasteiger partial charge on any atom is -0.489 e. The third-order valence-corrected chi connectivity index (χ3v) is 2.49. The molecule has 0 heterocycles. The Bertz CT molecular complexity index is 362. The molecule has 16 heavy (non-hydrogen) atoms. The Kier molecular flexibility index (Phi) is 3.27. The third-order valence-electron chi connectivity index (χ3n) is 2.49. The lowest BCUT2D eigenvalue weighted by atomic mass is 10.2. The van der Waals surface area contributed by atoms with E-state index in [1.54, 1.807) is 12.1 Å². The molecule has 0 spiro atoms. The van der Waals surface area contributed by atoms with Crippen LogP contribution in [0.25, 0.3) is 0 Å². The van der Waals surface area contributed by atoms with Crippen LogP contribution in [0.2, 0.25) is 0 Å². The molecule has 0 unspecified atom stereocenters. The topological polar surface area (TPSA) is 18.5 Å². The Morgan fingerprint density at radius 3 is 2.69 bits per heavy atom. The van der Waals surface area contributed by atoms with Crippen molar-refractivity contribution in [2.24, 2.45) is 5.92 Å². The smallest absolute Gasteiger partial charge is 0.387 e. The van der Waals surface area contributed by atoms with Crippen molar-refractivity contribution < 1.29 is 18.3 Å². The van der Waals surface area contributed by atoms with Crippen molar-refractivity contribution in [2.75, 3.05) is 6.61 Å². The van der Waals surface area contributed by atoms with Gasteiger partial charge >= 0.3 is 6.61 Å². The molecule has 0 radical (unpaired) electrons. The van der Waals surface area contributed by atoms with Crippen LogP contribution in [0.1, 0.15) is 18.4 Å². The number of benzene rings is 1. The third kappa shape index (κ3) is 3.08. The van der Waals surface area contributed by atoms with Gasteiger partial charge < -0.3 is 9.47 Å². The van der Waals surface area contributed by atoms with Gasteiger partial charge in [0, 0.05) is 0 Å². The van der Waals surface area contributed by atoms with Gasteiger partial charge in [0.05, 0.1) is 6.61 Å². The summed E-state index contributed by atoms with van der Waals surface area (Å²) in [5.41, 5.74) is 0.965. The highest BCUT2D eigenvalue weighted by Crippen LogP contribution is 2.33. The van der Waals surface area contributed by atoms with Crippen LogP contribution in [-0.2, 0) is 0 Å². The Morgan fingerprint density at radius 2 is 2.06 bits per heavy atom. The predicted molar refractivity (Wildman–Crippen MR) is 56.0 cm³/mol. The highest BCUT2D eigenvalue weighted by atomic mass is 19.3. The van der Waals surface area contributed by atoms with Crippen LogP contribution in [0.5, 0.6) is 11.5 Å². The first-order valence-corrected chi connectivity index (χ1v) is 5.33. The van der Waals surface area contributed by atoms with Crippen molar-refractivity contribution in [1.29, 1.82) is 0 Å². The second-order valence-corrected chi connectivity index (χ2v) is 4.08. The quantitative estimate of drug-likeness (QED) is 0.769. The Morgan fingerprint density at radius 1 is 1.31 bits per heavy atom. The Balaban J connectivity index is 2.07. The molecule has 1 aliphatic carbocycles. The number of halogens is 2. The normalized spacial score (nSPS) is 15.2. The fourth-order valence-electron chi connectivity index (χ4n) is 1.41. The summed E-state index contributed by atoms with van der Waals surface area (Å²) in [6.07, 6.45) is 2.33. The molecule has 0 saturated heterocycles. The van der Waals surface area contributed by atoms with Crippen LogP contribution in [0, 0.1) is 12.8 Å². The highest BCUT2D eigenvalue weighted by Gasteiger charge is 2.22. The molecular formula is C12H14F2O2. The molecule has 1 saturated carbocycles. The van der Waals surface area contributed by atoms with Crippen LogP contribution in [-0.4, -0.2) is 13.2 Å². The van der Waals surface area contributed by atoms with E-state index < -0.39 is 6.61 Å².